The first-order valence-corrected chi connectivity index (χ1v) is 7.17. The summed E-state index contributed by atoms with van der Waals surface area (Å²) in [4.78, 5) is 20.6. The van der Waals surface area contributed by atoms with Gasteiger partial charge in [-0.25, -0.2) is 0 Å². The van der Waals surface area contributed by atoms with Gasteiger partial charge in [0, 0.05) is 25.5 Å². The van der Waals surface area contributed by atoms with E-state index >= 15 is 0 Å². The van der Waals surface area contributed by atoms with E-state index in [1.165, 1.54) is 0 Å². The molecule has 1 heterocycles. The molecule has 0 saturated carbocycles. The van der Waals surface area contributed by atoms with Crippen LogP contribution in [0.1, 0.15) is 29.3 Å². The number of hydrogen-bond acceptors (Lipinski definition) is 4. The van der Waals surface area contributed by atoms with Crippen molar-refractivity contribution in [3.63, 3.8) is 0 Å². The molecule has 5 nitrogen and oxygen atoms in total. The van der Waals surface area contributed by atoms with Gasteiger partial charge >= 0.3 is 0 Å². The van der Waals surface area contributed by atoms with Crippen molar-refractivity contribution in [2.75, 3.05) is 40.3 Å². The maximum absolute atomic E-state index is 12.6. The molecule has 0 saturated heterocycles. The second kappa shape index (κ2) is 9.11. The fraction of sp³-hybridized carbons (Fsp3) is 0.500. The molecule has 0 aromatic carbocycles. The van der Waals surface area contributed by atoms with Crippen molar-refractivity contribution in [1.82, 2.24) is 14.8 Å². The second-order valence-electron chi connectivity index (χ2n) is 4.97. The predicted octanol–water partition coefficient (Wildman–Crippen LogP) is 0.806. The number of nitrogens with zero attached hydrogens (tertiary/aromatic N) is 3. The number of aromatic nitrogens is 1. The van der Waals surface area contributed by atoms with E-state index in [2.05, 4.69) is 21.7 Å². The second-order valence-corrected chi connectivity index (χ2v) is 4.97. The zero-order valence-electron chi connectivity index (χ0n) is 13.1. The highest BCUT2D eigenvalue weighted by Crippen LogP contribution is 2.10. The maximum atomic E-state index is 12.6. The van der Waals surface area contributed by atoms with Gasteiger partial charge in [0.2, 0.25) is 0 Å². The van der Waals surface area contributed by atoms with Crippen molar-refractivity contribution in [3.8, 4) is 11.8 Å². The Kier molecular flexibility index (Phi) is 7.44. The minimum absolute atomic E-state index is 0.0000208. The largest absolute Gasteiger partial charge is 0.339 e. The standard InChI is InChI=1S/C16H24N4O/c1-4-20(12-6-11-19(2)3)16(21)15-8-10-18-13-14(15)7-5-9-17/h8,10,13H,4,6,9,11-12,17H2,1-3H3. The number of nitrogens with two attached hydrogens (primary N) is 1. The zero-order valence-corrected chi connectivity index (χ0v) is 13.1. The van der Waals surface area contributed by atoms with Crippen LogP contribution in [-0.4, -0.2) is 61.0 Å². The first-order chi connectivity index (χ1) is 10.1. The number of carbonyl (C=O) groups excluding carboxylic acids is 1. The number of hydrogen-bond donors (Lipinski definition) is 1. The molecule has 0 radical (unpaired) electrons. The van der Waals surface area contributed by atoms with Gasteiger partial charge in [0.15, 0.2) is 0 Å². The van der Waals surface area contributed by atoms with Gasteiger partial charge in [-0.15, -0.1) is 0 Å². The molecular weight excluding hydrogens is 264 g/mol. The molecule has 21 heavy (non-hydrogen) atoms. The van der Waals surface area contributed by atoms with Crippen molar-refractivity contribution < 1.29 is 4.79 Å². The number of carbonyl (C=O) groups is 1. The van der Waals surface area contributed by atoms with Gasteiger partial charge in [0.25, 0.3) is 5.91 Å². The van der Waals surface area contributed by atoms with E-state index in [1.807, 2.05) is 25.9 Å². The average Bonchev–Trinajstić information content (AvgIpc) is 2.49. The fourth-order valence-electron chi connectivity index (χ4n) is 1.98. The van der Waals surface area contributed by atoms with Gasteiger partial charge in [-0.1, -0.05) is 11.8 Å². The quantitative estimate of drug-likeness (QED) is 0.787. The third-order valence-corrected chi connectivity index (χ3v) is 3.08. The highest BCUT2D eigenvalue weighted by Gasteiger charge is 2.16. The average molecular weight is 288 g/mol. The van der Waals surface area contributed by atoms with Crippen LogP contribution in [0, 0.1) is 11.8 Å². The Labute approximate surface area is 127 Å². The van der Waals surface area contributed by atoms with Crippen LogP contribution in [0.15, 0.2) is 18.5 Å². The van der Waals surface area contributed by atoms with Crippen molar-refractivity contribution in [3.05, 3.63) is 29.6 Å². The van der Waals surface area contributed by atoms with Crippen LogP contribution in [-0.2, 0) is 0 Å². The molecule has 1 rings (SSSR count). The molecule has 0 bridgehead atoms. The molecule has 0 aliphatic rings. The topological polar surface area (TPSA) is 62.5 Å². The van der Waals surface area contributed by atoms with Crippen LogP contribution in [0.25, 0.3) is 0 Å². The van der Waals surface area contributed by atoms with Gasteiger partial charge in [-0.2, -0.15) is 0 Å². The van der Waals surface area contributed by atoms with E-state index in [4.69, 9.17) is 5.73 Å². The van der Waals surface area contributed by atoms with Gasteiger partial charge < -0.3 is 15.5 Å². The van der Waals surface area contributed by atoms with Crippen molar-refractivity contribution in [2.45, 2.75) is 13.3 Å². The lowest BCUT2D eigenvalue weighted by Gasteiger charge is -2.22. The third-order valence-electron chi connectivity index (χ3n) is 3.08. The third kappa shape index (κ3) is 5.54. The normalized spacial score (nSPS) is 10.1. The van der Waals surface area contributed by atoms with Crippen LogP contribution >= 0.6 is 0 Å². The predicted molar refractivity (Wildman–Crippen MR) is 84.9 cm³/mol. The summed E-state index contributed by atoms with van der Waals surface area (Å²) in [6, 6.07) is 1.72. The van der Waals surface area contributed by atoms with Crippen molar-refractivity contribution in [1.29, 1.82) is 0 Å². The maximum Gasteiger partial charge on any atom is 0.255 e. The Morgan fingerprint density at radius 2 is 2.14 bits per heavy atom. The minimum Gasteiger partial charge on any atom is -0.339 e. The summed E-state index contributed by atoms with van der Waals surface area (Å²) in [7, 11) is 4.06. The molecule has 5 heteroatoms. The highest BCUT2D eigenvalue weighted by atomic mass is 16.2. The monoisotopic (exact) mass is 288 g/mol. The molecule has 1 amide bonds. The summed E-state index contributed by atoms with van der Waals surface area (Å²) in [6.07, 6.45) is 4.18. The molecule has 0 unspecified atom stereocenters. The van der Waals surface area contributed by atoms with Crippen LogP contribution in [0.5, 0.6) is 0 Å². The van der Waals surface area contributed by atoms with E-state index in [-0.39, 0.29) is 12.5 Å². The number of amides is 1. The summed E-state index contributed by atoms with van der Waals surface area (Å²) in [5.74, 6) is 5.69. The number of rotatable bonds is 6. The zero-order chi connectivity index (χ0) is 15.7. The smallest absolute Gasteiger partial charge is 0.255 e. The molecule has 1 aromatic heterocycles. The van der Waals surface area contributed by atoms with Gasteiger partial charge in [0.05, 0.1) is 17.7 Å². The molecule has 1 aromatic rings. The summed E-state index contributed by atoms with van der Waals surface area (Å²) in [5.41, 5.74) is 6.62. The molecule has 0 aliphatic heterocycles. The first-order valence-electron chi connectivity index (χ1n) is 7.17. The Morgan fingerprint density at radius 1 is 1.38 bits per heavy atom. The van der Waals surface area contributed by atoms with Crippen LogP contribution in [0.4, 0.5) is 0 Å². The molecule has 0 spiro atoms. The highest BCUT2D eigenvalue weighted by molar-refractivity contribution is 5.96. The first kappa shape index (κ1) is 17.2. The Bertz CT molecular complexity index is 516. The lowest BCUT2D eigenvalue weighted by atomic mass is 10.1. The molecule has 0 fully saturated rings. The molecule has 114 valence electrons. The summed E-state index contributed by atoms with van der Waals surface area (Å²) in [6.45, 7) is 4.63. The van der Waals surface area contributed by atoms with E-state index in [1.54, 1.807) is 18.5 Å². The van der Waals surface area contributed by atoms with Crippen LogP contribution in [0.3, 0.4) is 0 Å². The van der Waals surface area contributed by atoms with E-state index in [9.17, 15) is 4.79 Å². The Hall–Kier alpha value is -1.90. The Morgan fingerprint density at radius 3 is 2.76 bits per heavy atom. The van der Waals surface area contributed by atoms with Gasteiger partial charge in [-0.05, 0) is 40.1 Å². The fourth-order valence-corrected chi connectivity index (χ4v) is 1.98. The lowest BCUT2D eigenvalue weighted by Crippen LogP contribution is -2.33. The number of pyridine rings is 1. The van der Waals surface area contributed by atoms with E-state index < -0.39 is 0 Å². The van der Waals surface area contributed by atoms with Crippen molar-refractivity contribution >= 4 is 5.91 Å². The van der Waals surface area contributed by atoms with Crippen molar-refractivity contribution in [2.24, 2.45) is 5.73 Å². The summed E-state index contributed by atoms with van der Waals surface area (Å²) >= 11 is 0. The summed E-state index contributed by atoms with van der Waals surface area (Å²) < 4.78 is 0. The summed E-state index contributed by atoms with van der Waals surface area (Å²) in [5, 5.41) is 0. The van der Waals surface area contributed by atoms with Crippen LogP contribution < -0.4 is 5.73 Å². The molecule has 2 N–H and O–H groups in total. The minimum atomic E-state index is -0.0000208. The van der Waals surface area contributed by atoms with Crippen LogP contribution in [0.2, 0.25) is 0 Å². The van der Waals surface area contributed by atoms with E-state index in [0.717, 1.165) is 19.5 Å². The van der Waals surface area contributed by atoms with Gasteiger partial charge in [-0.3, -0.25) is 9.78 Å². The molecule has 0 atom stereocenters. The van der Waals surface area contributed by atoms with E-state index in [0.29, 0.717) is 17.7 Å². The SMILES string of the molecule is CCN(CCCN(C)C)C(=O)c1ccncc1C#CCN. The molecule has 0 aliphatic carbocycles. The molecular formula is C16H24N4O. The van der Waals surface area contributed by atoms with Gasteiger partial charge in [0.1, 0.15) is 0 Å². The Balaban J connectivity index is 2.85. The lowest BCUT2D eigenvalue weighted by molar-refractivity contribution is 0.0759.